The largest absolute Gasteiger partial charge is 0.454 e. The van der Waals surface area contributed by atoms with E-state index in [0.29, 0.717) is 12.5 Å². The molecule has 19 heavy (non-hydrogen) atoms. The standard InChI is InChI=1S/C14H16INO3/c1-9(2)7-16-13(17)4-3-10-5-11(15)14-12(6-10)18-8-19-14/h3-6,9H,7-8H2,1-2H3,(H,16,17)/b4-3+. The van der Waals surface area contributed by atoms with Crippen LogP contribution in [0.4, 0.5) is 0 Å². The molecule has 1 heterocycles. The van der Waals surface area contributed by atoms with Gasteiger partial charge < -0.3 is 14.8 Å². The zero-order valence-corrected chi connectivity index (χ0v) is 13.1. The van der Waals surface area contributed by atoms with Gasteiger partial charge in [-0.15, -0.1) is 0 Å². The Morgan fingerprint density at radius 1 is 1.47 bits per heavy atom. The highest BCUT2D eigenvalue weighted by Crippen LogP contribution is 2.37. The zero-order chi connectivity index (χ0) is 13.8. The van der Waals surface area contributed by atoms with Crippen molar-refractivity contribution >= 4 is 34.6 Å². The van der Waals surface area contributed by atoms with Gasteiger partial charge in [0, 0.05) is 12.6 Å². The molecule has 1 aliphatic heterocycles. The number of carbonyl (C=O) groups excluding carboxylic acids is 1. The molecule has 2 rings (SSSR count). The second-order valence-electron chi connectivity index (χ2n) is 4.71. The third-order valence-corrected chi connectivity index (χ3v) is 3.36. The molecule has 1 aliphatic rings. The van der Waals surface area contributed by atoms with Gasteiger partial charge in [0.25, 0.3) is 0 Å². The summed E-state index contributed by atoms with van der Waals surface area (Å²) in [4.78, 5) is 11.6. The minimum Gasteiger partial charge on any atom is -0.454 e. The van der Waals surface area contributed by atoms with E-state index in [1.165, 1.54) is 6.08 Å². The highest BCUT2D eigenvalue weighted by molar-refractivity contribution is 14.1. The molecule has 4 nitrogen and oxygen atoms in total. The van der Waals surface area contributed by atoms with Crippen molar-refractivity contribution in [1.29, 1.82) is 0 Å². The highest BCUT2D eigenvalue weighted by atomic mass is 127. The highest BCUT2D eigenvalue weighted by Gasteiger charge is 2.17. The summed E-state index contributed by atoms with van der Waals surface area (Å²) in [5, 5.41) is 2.84. The van der Waals surface area contributed by atoms with Crippen LogP contribution in [0.2, 0.25) is 0 Å². The Morgan fingerprint density at radius 2 is 2.26 bits per heavy atom. The molecule has 1 aromatic carbocycles. The molecule has 0 spiro atoms. The molecule has 0 aliphatic carbocycles. The quantitative estimate of drug-likeness (QED) is 0.652. The Balaban J connectivity index is 2.03. The van der Waals surface area contributed by atoms with E-state index >= 15 is 0 Å². The van der Waals surface area contributed by atoms with Gasteiger partial charge >= 0.3 is 0 Å². The molecule has 0 unspecified atom stereocenters. The van der Waals surface area contributed by atoms with Crippen LogP contribution >= 0.6 is 22.6 Å². The summed E-state index contributed by atoms with van der Waals surface area (Å²) in [6, 6.07) is 3.83. The number of nitrogens with one attached hydrogen (secondary N) is 1. The fraction of sp³-hybridized carbons (Fsp3) is 0.357. The fourth-order valence-electron chi connectivity index (χ4n) is 1.62. The second kappa shape index (κ2) is 6.27. The molecule has 1 amide bonds. The molecule has 0 radical (unpaired) electrons. The minimum absolute atomic E-state index is 0.0821. The van der Waals surface area contributed by atoms with E-state index in [9.17, 15) is 4.79 Å². The average Bonchev–Trinajstić information content (AvgIpc) is 2.82. The molecule has 0 fully saturated rings. The van der Waals surface area contributed by atoms with Crippen molar-refractivity contribution < 1.29 is 14.3 Å². The van der Waals surface area contributed by atoms with Crippen molar-refractivity contribution in [2.24, 2.45) is 5.92 Å². The van der Waals surface area contributed by atoms with Crippen LogP contribution in [-0.4, -0.2) is 19.2 Å². The molecule has 0 aromatic heterocycles. The predicted molar refractivity (Wildman–Crippen MR) is 82.2 cm³/mol. The lowest BCUT2D eigenvalue weighted by Crippen LogP contribution is -2.25. The molecular formula is C14H16INO3. The lowest BCUT2D eigenvalue weighted by atomic mass is 10.2. The number of carbonyl (C=O) groups is 1. The summed E-state index contributed by atoms with van der Waals surface area (Å²) in [7, 11) is 0. The van der Waals surface area contributed by atoms with Gasteiger partial charge in [-0.25, -0.2) is 0 Å². The van der Waals surface area contributed by atoms with Gasteiger partial charge in [-0.2, -0.15) is 0 Å². The summed E-state index contributed by atoms with van der Waals surface area (Å²) in [5.41, 5.74) is 0.924. The minimum atomic E-state index is -0.0821. The topological polar surface area (TPSA) is 47.6 Å². The van der Waals surface area contributed by atoms with Crippen LogP contribution in [0.15, 0.2) is 18.2 Å². The van der Waals surface area contributed by atoms with E-state index in [1.54, 1.807) is 6.08 Å². The molecule has 5 heteroatoms. The second-order valence-corrected chi connectivity index (χ2v) is 5.87. The van der Waals surface area contributed by atoms with E-state index in [1.807, 2.05) is 12.1 Å². The molecule has 0 bridgehead atoms. The molecule has 0 atom stereocenters. The number of benzene rings is 1. The maximum atomic E-state index is 11.6. The molecule has 1 aromatic rings. The molecule has 102 valence electrons. The van der Waals surface area contributed by atoms with Crippen LogP contribution in [0, 0.1) is 9.49 Å². The Kier molecular flexibility index (Phi) is 4.68. The van der Waals surface area contributed by atoms with Crippen molar-refractivity contribution in [1.82, 2.24) is 5.32 Å². The first-order valence-electron chi connectivity index (χ1n) is 6.11. The molecule has 0 saturated carbocycles. The SMILES string of the molecule is CC(C)CNC(=O)/C=C/c1cc(I)c2c(c1)OCO2. The normalized spacial score (nSPS) is 13.3. The van der Waals surface area contributed by atoms with E-state index in [2.05, 4.69) is 41.8 Å². The van der Waals surface area contributed by atoms with Crippen molar-refractivity contribution in [3.8, 4) is 11.5 Å². The first kappa shape index (κ1) is 14.2. The smallest absolute Gasteiger partial charge is 0.244 e. The maximum absolute atomic E-state index is 11.6. The number of hydrogen-bond donors (Lipinski definition) is 1. The van der Waals surface area contributed by atoms with Crippen LogP contribution in [0.25, 0.3) is 6.08 Å². The van der Waals surface area contributed by atoms with Crippen LogP contribution < -0.4 is 14.8 Å². The van der Waals surface area contributed by atoms with Crippen molar-refractivity contribution in [2.75, 3.05) is 13.3 Å². The van der Waals surface area contributed by atoms with Crippen LogP contribution in [0.3, 0.4) is 0 Å². The number of rotatable bonds is 4. The van der Waals surface area contributed by atoms with Gasteiger partial charge in [-0.3, -0.25) is 4.79 Å². The van der Waals surface area contributed by atoms with E-state index in [-0.39, 0.29) is 12.7 Å². The van der Waals surface area contributed by atoms with Crippen LogP contribution in [0.1, 0.15) is 19.4 Å². The van der Waals surface area contributed by atoms with Crippen molar-refractivity contribution in [3.63, 3.8) is 0 Å². The number of hydrogen-bond acceptors (Lipinski definition) is 3. The van der Waals surface area contributed by atoms with Gasteiger partial charge in [0.1, 0.15) is 0 Å². The maximum Gasteiger partial charge on any atom is 0.244 e. The first-order valence-corrected chi connectivity index (χ1v) is 7.19. The van der Waals surface area contributed by atoms with E-state index < -0.39 is 0 Å². The lowest BCUT2D eigenvalue weighted by Gasteiger charge is -2.04. The summed E-state index contributed by atoms with van der Waals surface area (Å²) in [5.74, 6) is 1.88. The Bertz CT molecular complexity index is 512. The van der Waals surface area contributed by atoms with Crippen molar-refractivity contribution in [3.05, 3.63) is 27.3 Å². The fourth-order valence-corrected chi connectivity index (χ4v) is 2.40. The van der Waals surface area contributed by atoms with Gasteiger partial charge in [-0.1, -0.05) is 13.8 Å². The Hall–Kier alpha value is -1.24. The van der Waals surface area contributed by atoms with Crippen molar-refractivity contribution in [2.45, 2.75) is 13.8 Å². The summed E-state index contributed by atoms with van der Waals surface area (Å²) < 4.78 is 11.7. The van der Waals surface area contributed by atoms with E-state index in [0.717, 1.165) is 20.6 Å². The molecule has 0 saturated heterocycles. The summed E-state index contributed by atoms with van der Waals surface area (Å²) in [6.45, 7) is 5.06. The molecule has 1 N–H and O–H groups in total. The zero-order valence-electron chi connectivity index (χ0n) is 10.9. The summed E-state index contributed by atoms with van der Waals surface area (Å²) in [6.07, 6.45) is 3.32. The number of fused-ring (bicyclic) bond motifs is 1. The predicted octanol–water partition coefficient (Wildman–Crippen LogP) is 2.81. The summed E-state index contributed by atoms with van der Waals surface area (Å²) >= 11 is 2.19. The van der Waals surface area contributed by atoms with Gasteiger partial charge in [0.05, 0.1) is 3.57 Å². The number of amides is 1. The average molecular weight is 373 g/mol. The van der Waals surface area contributed by atoms with E-state index in [4.69, 9.17) is 9.47 Å². The monoisotopic (exact) mass is 373 g/mol. The van der Waals surface area contributed by atoms with Gasteiger partial charge in [-0.05, 0) is 52.3 Å². The van der Waals surface area contributed by atoms with Gasteiger partial charge in [0.2, 0.25) is 12.7 Å². The Morgan fingerprint density at radius 3 is 3.00 bits per heavy atom. The number of ether oxygens (including phenoxy) is 2. The number of halogens is 1. The third kappa shape index (κ3) is 3.86. The molecular weight excluding hydrogens is 357 g/mol. The lowest BCUT2D eigenvalue weighted by molar-refractivity contribution is -0.116. The first-order chi connectivity index (χ1) is 9.06. The van der Waals surface area contributed by atoms with Crippen LogP contribution in [-0.2, 0) is 4.79 Å². The Labute approximate surface area is 126 Å². The van der Waals surface area contributed by atoms with Crippen LogP contribution in [0.5, 0.6) is 11.5 Å². The van der Waals surface area contributed by atoms with Gasteiger partial charge in [0.15, 0.2) is 11.5 Å². The third-order valence-electron chi connectivity index (χ3n) is 2.56.